The molecule has 68 valence electrons. The maximum absolute atomic E-state index is 11.2. The van der Waals surface area contributed by atoms with E-state index in [1.165, 1.54) is 11.3 Å². The van der Waals surface area contributed by atoms with Crippen LogP contribution in [0, 0.1) is 19.3 Å². The third-order valence-electron chi connectivity index (χ3n) is 1.49. The lowest BCUT2D eigenvalue weighted by atomic mass is 10.3. The van der Waals surface area contributed by atoms with Crippen molar-refractivity contribution in [3.05, 3.63) is 11.2 Å². The number of nitrogens with zero attached hydrogens (tertiary/aromatic N) is 1. The Morgan fingerprint density at radius 2 is 2.62 bits per heavy atom. The molecule has 1 heterocycles. The summed E-state index contributed by atoms with van der Waals surface area (Å²) in [6.45, 7) is 1.85. The van der Waals surface area contributed by atoms with Gasteiger partial charge >= 0.3 is 0 Å². The van der Waals surface area contributed by atoms with Crippen LogP contribution in [0.15, 0.2) is 5.51 Å². The standard InChI is InChI=1S/C9H10N2OS/c1-3-4-5-8(12)11-9-7(2)10-6-13-9/h1,6H,4-5H2,2H3,(H,11,12). The van der Waals surface area contributed by atoms with Gasteiger partial charge in [0.2, 0.25) is 5.91 Å². The molecule has 1 amide bonds. The monoisotopic (exact) mass is 194 g/mol. The van der Waals surface area contributed by atoms with E-state index >= 15 is 0 Å². The molecule has 1 N–H and O–H groups in total. The Kier molecular flexibility index (Phi) is 3.47. The number of terminal acetylenes is 1. The predicted molar refractivity (Wildman–Crippen MR) is 53.5 cm³/mol. The minimum atomic E-state index is -0.0506. The largest absolute Gasteiger partial charge is 0.316 e. The Labute approximate surface area is 81.2 Å². The van der Waals surface area contributed by atoms with Gasteiger partial charge in [-0.05, 0) is 6.92 Å². The number of rotatable bonds is 3. The summed E-state index contributed by atoms with van der Waals surface area (Å²) in [4.78, 5) is 15.2. The molecule has 1 rings (SSSR count). The molecular weight excluding hydrogens is 184 g/mol. The molecule has 0 radical (unpaired) electrons. The highest BCUT2D eigenvalue weighted by molar-refractivity contribution is 7.14. The van der Waals surface area contributed by atoms with Gasteiger partial charge in [0.05, 0.1) is 11.2 Å². The van der Waals surface area contributed by atoms with Gasteiger partial charge in [0, 0.05) is 12.8 Å². The van der Waals surface area contributed by atoms with Crippen molar-refractivity contribution >= 4 is 22.2 Å². The molecule has 0 fully saturated rings. The van der Waals surface area contributed by atoms with Crippen LogP contribution >= 0.6 is 11.3 Å². The maximum atomic E-state index is 11.2. The van der Waals surface area contributed by atoms with Crippen LogP contribution in [0.5, 0.6) is 0 Å². The molecular formula is C9H10N2OS. The SMILES string of the molecule is C#CCCC(=O)Nc1scnc1C. The molecule has 0 bridgehead atoms. The fraction of sp³-hybridized carbons (Fsp3) is 0.333. The van der Waals surface area contributed by atoms with Crippen molar-refractivity contribution in [2.75, 3.05) is 5.32 Å². The van der Waals surface area contributed by atoms with Crippen molar-refractivity contribution in [1.82, 2.24) is 4.98 Å². The van der Waals surface area contributed by atoms with Gasteiger partial charge in [-0.3, -0.25) is 4.79 Å². The number of thiazole rings is 1. The van der Waals surface area contributed by atoms with Crippen molar-refractivity contribution in [3.8, 4) is 12.3 Å². The first-order valence-electron chi connectivity index (χ1n) is 3.87. The Bertz CT molecular complexity index is 338. The number of anilines is 1. The maximum Gasteiger partial charge on any atom is 0.225 e. The summed E-state index contributed by atoms with van der Waals surface area (Å²) in [6, 6.07) is 0. The average molecular weight is 194 g/mol. The van der Waals surface area contributed by atoms with E-state index in [9.17, 15) is 4.79 Å². The van der Waals surface area contributed by atoms with Crippen LogP contribution in [0.1, 0.15) is 18.5 Å². The van der Waals surface area contributed by atoms with Gasteiger partial charge in [0.15, 0.2) is 0 Å². The number of carbonyl (C=O) groups is 1. The van der Waals surface area contributed by atoms with Gasteiger partial charge in [-0.2, -0.15) is 0 Å². The molecule has 1 aromatic rings. The zero-order valence-corrected chi connectivity index (χ0v) is 8.15. The summed E-state index contributed by atoms with van der Waals surface area (Å²) in [7, 11) is 0. The second-order valence-electron chi connectivity index (χ2n) is 2.52. The van der Waals surface area contributed by atoms with Crippen LogP contribution in [0.3, 0.4) is 0 Å². The number of amides is 1. The third kappa shape index (κ3) is 2.88. The summed E-state index contributed by atoms with van der Waals surface area (Å²) >= 11 is 1.42. The van der Waals surface area contributed by atoms with E-state index in [0.717, 1.165) is 10.7 Å². The van der Waals surface area contributed by atoms with Crippen molar-refractivity contribution in [2.24, 2.45) is 0 Å². The van der Waals surface area contributed by atoms with E-state index in [1.807, 2.05) is 6.92 Å². The highest BCUT2D eigenvalue weighted by atomic mass is 32.1. The minimum Gasteiger partial charge on any atom is -0.316 e. The summed E-state index contributed by atoms with van der Waals surface area (Å²) in [5, 5.41) is 3.55. The van der Waals surface area contributed by atoms with Crippen LogP contribution in [-0.4, -0.2) is 10.9 Å². The van der Waals surface area contributed by atoms with Gasteiger partial charge in [-0.1, -0.05) is 0 Å². The average Bonchev–Trinajstić information content (AvgIpc) is 2.48. The number of carbonyl (C=O) groups excluding carboxylic acids is 1. The third-order valence-corrected chi connectivity index (χ3v) is 2.34. The van der Waals surface area contributed by atoms with Crippen molar-refractivity contribution in [3.63, 3.8) is 0 Å². The first-order chi connectivity index (χ1) is 6.24. The lowest BCUT2D eigenvalue weighted by Gasteiger charge is -2.00. The fourth-order valence-electron chi connectivity index (χ4n) is 0.797. The second-order valence-corrected chi connectivity index (χ2v) is 3.37. The minimum absolute atomic E-state index is 0.0506. The van der Waals surface area contributed by atoms with Gasteiger partial charge in [-0.25, -0.2) is 4.98 Å². The summed E-state index contributed by atoms with van der Waals surface area (Å²) < 4.78 is 0. The normalized spacial score (nSPS) is 9.23. The van der Waals surface area contributed by atoms with Crippen molar-refractivity contribution < 1.29 is 4.79 Å². The Morgan fingerprint density at radius 1 is 1.85 bits per heavy atom. The predicted octanol–water partition coefficient (Wildman–Crippen LogP) is 1.80. The smallest absolute Gasteiger partial charge is 0.225 e. The van der Waals surface area contributed by atoms with Crippen molar-refractivity contribution in [1.29, 1.82) is 0 Å². The summed E-state index contributed by atoms with van der Waals surface area (Å²) in [6.07, 6.45) is 5.89. The van der Waals surface area contributed by atoms with Crippen LogP contribution in [0.2, 0.25) is 0 Å². The molecule has 13 heavy (non-hydrogen) atoms. The van der Waals surface area contributed by atoms with E-state index < -0.39 is 0 Å². The van der Waals surface area contributed by atoms with Crippen LogP contribution in [-0.2, 0) is 4.79 Å². The van der Waals surface area contributed by atoms with Crippen LogP contribution in [0.4, 0.5) is 5.00 Å². The Balaban J connectivity index is 2.46. The van der Waals surface area contributed by atoms with E-state index in [-0.39, 0.29) is 5.91 Å². The number of hydrogen-bond donors (Lipinski definition) is 1. The van der Waals surface area contributed by atoms with E-state index in [4.69, 9.17) is 6.42 Å². The fourth-order valence-corrected chi connectivity index (χ4v) is 1.51. The molecule has 0 aliphatic rings. The quantitative estimate of drug-likeness (QED) is 0.745. The van der Waals surface area contributed by atoms with Crippen LogP contribution < -0.4 is 5.32 Å². The molecule has 0 aromatic carbocycles. The second kappa shape index (κ2) is 4.63. The molecule has 0 spiro atoms. The molecule has 4 heteroatoms. The van der Waals surface area contributed by atoms with Gasteiger partial charge < -0.3 is 5.32 Å². The number of nitrogens with one attached hydrogen (secondary N) is 1. The summed E-state index contributed by atoms with van der Waals surface area (Å²) in [5.41, 5.74) is 2.55. The molecule has 0 saturated carbocycles. The van der Waals surface area contributed by atoms with Gasteiger partial charge in [-0.15, -0.1) is 23.7 Å². The van der Waals surface area contributed by atoms with Crippen molar-refractivity contribution in [2.45, 2.75) is 19.8 Å². The Hall–Kier alpha value is -1.34. The zero-order chi connectivity index (χ0) is 9.68. The van der Waals surface area contributed by atoms with Crippen LogP contribution in [0.25, 0.3) is 0 Å². The molecule has 0 unspecified atom stereocenters. The zero-order valence-electron chi connectivity index (χ0n) is 7.33. The number of aromatic nitrogens is 1. The lowest BCUT2D eigenvalue weighted by molar-refractivity contribution is -0.116. The first-order valence-corrected chi connectivity index (χ1v) is 4.75. The molecule has 0 aliphatic heterocycles. The van der Waals surface area contributed by atoms with E-state index in [0.29, 0.717) is 12.8 Å². The first kappa shape index (κ1) is 9.75. The highest BCUT2D eigenvalue weighted by Gasteiger charge is 2.05. The lowest BCUT2D eigenvalue weighted by Crippen LogP contribution is -2.10. The molecule has 0 saturated heterocycles. The molecule has 0 atom stereocenters. The molecule has 1 aromatic heterocycles. The van der Waals surface area contributed by atoms with Gasteiger partial charge in [0.25, 0.3) is 0 Å². The van der Waals surface area contributed by atoms with E-state index in [2.05, 4.69) is 16.2 Å². The topological polar surface area (TPSA) is 42.0 Å². The number of hydrogen-bond acceptors (Lipinski definition) is 3. The molecule has 0 aliphatic carbocycles. The molecule has 3 nitrogen and oxygen atoms in total. The Morgan fingerprint density at radius 3 is 3.15 bits per heavy atom. The van der Waals surface area contributed by atoms with E-state index in [1.54, 1.807) is 5.51 Å². The number of aryl methyl sites for hydroxylation is 1. The highest BCUT2D eigenvalue weighted by Crippen LogP contribution is 2.18. The van der Waals surface area contributed by atoms with Gasteiger partial charge in [0.1, 0.15) is 5.00 Å². The summed E-state index contributed by atoms with van der Waals surface area (Å²) in [5.74, 6) is 2.37.